The average molecular weight is 310 g/mol. The highest BCUT2D eigenvalue weighted by atomic mass is 19.1. The Morgan fingerprint density at radius 1 is 1.04 bits per heavy atom. The molecule has 1 saturated carbocycles. The van der Waals surface area contributed by atoms with E-state index in [-0.39, 0.29) is 18.1 Å². The first-order valence-corrected chi connectivity index (χ1v) is 8.13. The zero-order valence-corrected chi connectivity index (χ0v) is 12.9. The monoisotopic (exact) mass is 310 g/mol. The summed E-state index contributed by atoms with van der Waals surface area (Å²) in [7, 11) is 0. The lowest BCUT2D eigenvalue weighted by Gasteiger charge is -2.38. The zero-order valence-electron chi connectivity index (χ0n) is 12.9. The number of hydrogen-bond donors (Lipinski definition) is 0. The minimum absolute atomic E-state index is 0.0264. The van der Waals surface area contributed by atoms with Crippen molar-refractivity contribution in [2.45, 2.75) is 25.3 Å². The molecule has 2 aromatic carbocycles. The summed E-state index contributed by atoms with van der Waals surface area (Å²) in [6.45, 7) is 1.57. The highest BCUT2D eigenvalue weighted by molar-refractivity contribution is 5.99. The molecule has 23 heavy (non-hydrogen) atoms. The van der Waals surface area contributed by atoms with Crippen LogP contribution < -0.4 is 9.80 Å². The van der Waals surface area contributed by atoms with Crippen molar-refractivity contribution in [2.75, 3.05) is 22.9 Å². The third kappa shape index (κ3) is 2.81. The summed E-state index contributed by atoms with van der Waals surface area (Å²) in [4.78, 5) is 17.0. The first-order valence-electron chi connectivity index (χ1n) is 8.13. The second-order valence-electron chi connectivity index (χ2n) is 6.27. The number of hydrogen-bond acceptors (Lipinski definition) is 2. The van der Waals surface area contributed by atoms with E-state index in [0.717, 1.165) is 23.5 Å². The van der Waals surface area contributed by atoms with E-state index in [2.05, 4.69) is 11.0 Å². The van der Waals surface area contributed by atoms with Crippen LogP contribution in [0.4, 0.5) is 15.8 Å². The van der Waals surface area contributed by atoms with Crippen molar-refractivity contribution >= 4 is 17.3 Å². The van der Waals surface area contributed by atoms with E-state index >= 15 is 0 Å². The van der Waals surface area contributed by atoms with Crippen molar-refractivity contribution in [2.24, 2.45) is 0 Å². The average Bonchev–Trinajstić information content (AvgIpc) is 3.38. The predicted molar refractivity (Wildman–Crippen MR) is 89.3 cm³/mol. The van der Waals surface area contributed by atoms with Gasteiger partial charge in [0.1, 0.15) is 5.82 Å². The summed E-state index contributed by atoms with van der Waals surface area (Å²) in [5.41, 5.74) is 2.85. The molecule has 1 heterocycles. The minimum Gasteiger partial charge on any atom is -0.365 e. The molecule has 0 aromatic heterocycles. The zero-order chi connectivity index (χ0) is 15.8. The van der Waals surface area contributed by atoms with E-state index in [9.17, 15) is 9.18 Å². The van der Waals surface area contributed by atoms with Crippen LogP contribution in [0.2, 0.25) is 0 Å². The van der Waals surface area contributed by atoms with Gasteiger partial charge in [0, 0.05) is 19.1 Å². The van der Waals surface area contributed by atoms with Crippen molar-refractivity contribution in [3.63, 3.8) is 0 Å². The fourth-order valence-corrected chi connectivity index (χ4v) is 3.33. The molecule has 1 aliphatic heterocycles. The van der Waals surface area contributed by atoms with Gasteiger partial charge in [0.2, 0.25) is 5.91 Å². The van der Waals surface area contributed by atoms with E-state index in [4.69, 9.17) is 0 Å². The molecule has 118 valence electrons. The topological polar surface area (TPSA) is 23.6 Å². The van der Waals surface area contributed by atoms with Crippen LogP contribution in [-0.4, -0.2) is 25.0 Å². The number of benzene rings is 2. The maximum atomic E-state index is 13.3. The predicted octanol–water partition coefficient (Wildman–Crippen LogP) is 3.38. The molecule has 4 rings (SSSR count). The summed E-state index contributed by atoms with van der Waals surface area (Å²) >= 11 is 0. The van der Waals surface area contributed by atoms with Gasteiger partial charge >= 0.3 is 0 Å². The van der Waals surface area contributed by atoms with Crippen molar-refractivity contribution < 1.29 is 9.18 Å². The molecule has 0 radical (unpaired) electrons. The molecule has 1 fully saturated rings. The van der Waals surface area contributed by atoms with Gasteiger partial charge in [-0.2, -0.15) is 0 Å². The van der Waals surface area contributed by atoms with Crippen LogP contribution in [0.5, 0.6) is 0 Å². The van der Waals surface area contributed by atoms with Crippen LogP contribution in [0.15, 0.2) is 48.5 Å². The summed E-state index contributed by atoms with van der Waals surface area (Å²) < 4.78 is 13.3. The summed E-state index contributed by atoms with van der Waals surface area (Å²) in [5, 5.41) is 0. The minimum atomic E-state index is -0.297. The standard InChI is InChI=1S/C19H19FN2O/c20-15-5-3-4-14(12-15)13-19(23)22-11-10-21(16-8-9-16)17-6-1-2-7-18(17)22/h1-7,12,16H,8-11,13H2. The van der Waals surface area contributed by atoms with Crippen molar-refractivity contribution in [1.29, 1.82) is 0 Å². The van der Waals surface area contributed by atoms with Gasteiger partial charge in [-0.1, -0.05) is 24.3 Å². The fourth-order valence-electron chi connectivity index (χ4n) is 3.33. The Morgan fingerprint density at radius 2 is 1.83 bits per heavy atom. The van der Waals surface area contributed by atoms with Crippen molar-refractivity contribution in [1.82, 2.24) is 0 Å². The van der Waals surface area contributed by atoms with Crippen LogP contribution >= 0.6 is 0 Å². The first kappa shape index (κ1) is 14.2. The van der Waals surface area contributed by atoms with Gasteiger partial charge < -0.3 is 9.80 Å². The first-order chi connectivity index (χ1) is 11.2. The largest absolute Gasteiger partial charge is 0.365 e. The van der Waals surface area contributed by atoms with Crippen LogP contribution in [0.3, 0.4) is 0 Å². The molecule has 0 spiro atoms. The molecule has 0 bridgehead atoms. The number of carbonyl (C=O) groups excluding carboxylic acids is 1. The number of amides is 1. The van der Waals surface area contributed by atoms with Crippen molar-refractivity contribution in [3.8, 4) is 0 Å². The Bertz CT molecular complexity index is 742. The van der Waals surface area contributed by atoms with Crippen LogP contribution in [-0.2, 0) is 11.2 Å². The third-order valence-electron chi connectivity index (χ3n) is 4.58. The molecule has 2 aliphatic rings. The van der Waals surface area contributed by atoms with Gasteiger partial charge in [-0.25, -0.2) is 4.39 Å². The van der Waals surface area contributed by atoms with Gasteiger partial charge in [-0.15, -0.1) is 0 Å². The Kier molecular flexibility index (Phi) is 3.52. The Hall–Kier alpha value is -2.36. The summed E-state index contributed by atoms with van der Waals surface area (Å²) in [5.74, 6) is -0.271. The van der Waals surface area contributed by atoms with E-state index in [0.29, 0.717) is 12.6 Å². The second kappa shape index (κ2) is 5.69. The van der Waals surface area contributed by atoms with Crippen LogP contribution in [0.1, 0.15) is 18.4 Å². The molecule has 0 saturated heterocycles. The van der Waals surface area contributed by atoms with Crippen LogP contribution in [0, 0.1) is 5.82 Å². The smallest absolute Gasteiger partial charge is 0.231 e. The highest BCUT2D eigenvalue weighted by Gasteiger charge is 2.35. The van der Waals surface area contributed by atoms with Gasteiger partial charge in [0.25, 0.3) is 0 Å². The maximum Gasteiger partial charge on any atom is 0.231 e. The lowest BCUT2D eigenvalue weighted by molar-refractivity contribution is -0.118. The number of halogens is 1. The van der Waals surface area contributed by atoms with E-state index in [1.54, 1.807) is 12.1 Å². The van der Waals surface area contributed by atoms with E-state index < -0.39 is 0 Å². The Labute approximate surface area is 135 Å². The lowest BCUT2D eigenvalue weighted by Crippen LogP contribution is -2.45. The molecule has 0 unspecified atom stereocenters. The number of carbonyl (C=O) groups is 1. The number of nitrogens with zero attached hydrogens (tertiary/aromatic N) is 2. The van der Waals surface area contributed by atoms with E-state index in [1.165, 1.54) is 25.0 Å². The van der Waals surface area contributed by atoms with Crippen molar-refractivity contribution in [3.05, 3.63) is 59.9 Å². The molecule has 1 aliphatic carbocycles. The SMILES string of the molecule is O=C(Cc1cccc(F)c1)N1CCN(C2CC2)c2ccccc21. The number of anilines is 2. The van der Waals surface area contributed by atoms with Gasteiger partial charge in [-0.3, -0.25) is 4.79 Å². The highest BCUT2D eigenvalue weighted by Crippen LogP contribution is 2.39. The van der Waals surface area contributed by atoms with Gasteiger partial charge in [0.05, 0.1) is 17.8 Å². The maximum absolute atomic E-state index is 13.3. The molecule has 0 N–H and O–H groups in total. The molecule has 2 aromatic rings. The molecule has 3 nitrogen and oxygen atoms in total. The normalized spacial score (nSPS) is 17.1. The molecule has 0 atom stereocenters. The number of rotatable bonds is 3. The number of fused-ring (bicyclic) bond motifs is 1. The quantitative estimate of drug-likeness (QED) is 0.867. The molecule has 1 amide bonds. The fraction of sp³-hybridized carbons (Fsp3) is 0.316. The summed E-state index contributed by atoms with van der Waals surface area (Å²) in [6, 6.07) is 15.0. The number of para-hydroxylation sites is 2. The Balaban J connectivity index is 1.59. The molecule has 4 heteroatoms. The third-order valence-corrected chi connectivity index (χ3v) is 4.58. The molecular weight excluding hydrogens is 291 g/mol. The van der Waals surface area contributed by atoms with Gasteiger partial charge in [-0.05, 0) is 42.7 Å². The second-order valence-corrected chi connectivity index (χ2v) is 6.27. The van der Waals surface area contributed by atoms with Gasteiger partial charge in [0.15, 0.2) is 0 Å². The van der Waals surface area contributed by atoms with E-state index in [1.807, 2.05) is 23.1 Å². The summed E-state index contributed by atoms with van der Waals surface area (Å²) in [6.07, 6.45) is 2.71. The van der Waals surface area contributed by atoms with Crippen LogP contribution in [0.25, 0.3) is 0 Å². The molecular formula is C19H19FN2O. The Morgan fingerprint density at radius 3 is 2.57 bits per heavy atom. The lowest BCUT2D eigenvalue weighted by atomic mass is 10.1.